The lowest BCUT2D eigenvalue weighted by Crippen LogP contribution is -2.15. The Labute approximate surface area is 146 Å². The number of benzene rings is 1. The van der Waals surface area contributed by atoms with E-state index in [4.69, 9.17) is 0 Å². The average Bonchev–Trinajstić information content (AvgIpc) is 2.83. The van der Waals surface area contributed by atoms with Gasteiger partial charge in [-0.2, -0.15) is 8.78 Å². The van der Waals surface area contributed by atoms with E-state index in [0.29, 0.717) is 12.2 Å². The maximum atomic E-state index is 12.9. The van der Waals surface area contributed by atoms with E-state index >= 15 is 0 Å². The van der Waals surface area contributed by atoms with E-state index in [9.17, 15) is 17.2 Å². The molecule has 5 nitrogen and oxygen atoms in total. The lowest BCUT2D eigenvalue weighted by atomic mass is 10.2. The van der Waals surface area contributed by atoms with Gasteiger partial charge in [-0.15, -0.1) is 0 Å². The molecule has 0 atom stereocenters. The maximum absolute atomic E-state index is 12.9. The van der Waals surface area contributed by atoms with E-state index in [0.717, 1.165) is 18.5 Å². The minimum Gasteiger partial charge on any atom is -0.435 e. The zero-order valence-electron chi connectivity index (χ0n) is 14.5. The first kappa shape index (κ1) is 19.4. The minimum absolute atomic E-state index is 0.0252. The molecule has 0 N–H and O–H groups in total. The van der Waals surface area contributed by atoms with Crippen molar-refractivity contribution in [3.05, 3.63) is 41.2 Å². The number of halogens is 2. The summed E-state index contributed by atoms with van der Waals surface area (Å²) in [6.45, 7) is 3.13. The largest absolute Gasteiger partial charge is 0.435 e. The van der Waals surface area contributed by atoms with Crippen LogP contribution in [0.1, 0.15) is 36.7 Å². The SMILES string of the molecule is CCCCn1c(S(=O)(=O)Cc2ccccc2OC(F)F)nc(C)c1C. The molecule has 1 aromatic heterocycles. The van der Waals surface area contributed by atoms with Gasteiger partial charge < -0.3 is 9.30 Å². The van der Waals surface area contributed by atoms with Crippen LogP contribution in [0, 0.1) is 13.8 Å². The van der Waals surface area contributed by atoms with Gasteiger partial charge in [0.15, 0.2) is 0 Å². The Morgan fingerprint density at radius 1 is 1.24 bits per heavy atom. The molecule has 0 radical (unpaired) electrons. The van der Waals surface area contributed by atoms with Gasteiger partial charge in [-0.05, 0) is 26.3 Å². The van der Waals surface area contributed by atoms with E-state index in [1.54, 1.807) is 17.6 Å². The molecule has 1 aromatic carbocycles. The number of para-hydroxylation sites is 1. The normalized spacial score (nSPS) is 11.9. The third-order valence-electron chi connectivity index (χ3n) is 3.97. The molecule has 0 aliphatic carbocycles. The van der Waals surface area contributed by atoms with Crippen LogP contribution in [-0.2, 0) is 22.1 Å². The van der Waals surface area contributed by atoms with Crippen molar-refractivity contribution >= 4 is 9.84 Å². The fourth-order valence-electron chi connectivity index (χ4n) is 2.54. The third-order valence-corrected chi connectivity index (χ3v) is 5.53. The monoisotopic (exact) mass is 372 g/mol. The molecule has 2 aromatic rings. The van der Waals surface area contributed by atoms with Gasteiger partial charge in [-0.25, -0.2) is 13.4 Å². The van der Waals surface area contributed by atoms with Crippen molar-refractivity contribution in [3.63, 3.8) is 0 Å². The molecule has 0 aliphatic rings. The number of unbranched alkanes of at least 4 members (excludes halogenated alkanes) is 1. The number of aryl methyl sites for hydroxylation is 1. The molecule has 138 valence electrons. The highest BCUT2D eigenvalue weighted by molar-refractivity contribution is 7.90. The highest BCUT2D eigenvalue weighted by Gasteiger charge is 2.26. The molecule has 2 rings (SSSR count). The number of aromatic nitrogens is 2. The Hall–Kier alpha value is -1.96. The van der Waals surface area contributed by atoms with Crippen LogP contribution in [0.2, 0.25) is 0 Å². The molecular formula is C17H22F2N2O3S. The zero-order valence-corrected chi connectivity index (χ0v) is 15.3. The molecular weight excluding hydrogens is 350 g/mol. The van der Waals surface area contributed by atoms with Gasteiger partial charge in [0.1, 0.15) is 5.75 Å². The molecule has 0 saturated heterocycles. The Morgan fingerprint density at radius 2 is 1.92 bits per heavy atom. The summed E-state index contributed by atoms with van der Waals surface area (Å²) >= 11 is 0. The number of hydrogen-bond donors (Lipinski definition) is 0. The average molecular weight is 372 g/mol. The molecule has 0 spiro atoms. The van der Waals surface area contributed by atoms with Crippen LogP contribution < -0.4 is 4.74 Å². The molecule has 0 saturated carbocycles. The lowest BCUT2D eigenvalue weighted by Gasteiger charge is -2.12. The van der Waals surface area contributed by atoms with E-state index in [-0.39, 0.29) is 16.5 Å². The number of alkyl halides is 2. The number of hydrogen-bond acceptors (Lipinski definition) is 4. The second-order valence-corrected chi connectivity index (χ2v) is 7.70. The lowest BCUT2D eigenvalue weighted by molar-refractivity contribution is -0.0503. The number of rotatable bonds is 8. The van der Waals surface area contributed by atoms with Crippen LogP contribution in [0.4, 0.5) is 8.78 Å². The van der Waals surface area contributed by atoms with Gasteiger partial charge in [-0.3, -0.25) is 0 Å². The van der Waals surface area contributed by atoms with Gasteiger partial charge in [0, 0.05) is 17.8 Å². The topological polar surface area (TPSA) is 61.2 Å². The standard InChI is InChI=1S/C17H22F2N2O3S/c1-4-5-10-21-13(3)12(2)20-17(21)25(22,23)11-14-8-6-7-9-15(14)24-16(18)19/h6-9,16H,4-5,10-11H2,1-3H3. The Bertz CT molecular complexity index is 832. The second-order valence-electron chi connectivity index (χ2n) is 5.82. The summed E-state index contributed by atoms with van der Waals surface area (Å²) in [6.07, 6.45) is 1.74. The van der Waals surface area contributed by atoms with Crippen LogP contribution in [0.3, 0.4) is 0 Å². The molecule has 0 amide bonds. The van der Waals surface area contributed by atoms with E-state index in [1.807, 2.05) is 13.8 Å². The fraction of sp³-hybridized carbons (Fsp3) is 0.471. The van der Waals surface area contributed by atoms with Gasteiger partial charge in [0.05, 0.1) is 11.4 Å². The molecule has 8 heteroatoms. The van der Waals surface area contributed by atoms with Crippen LogP contribution in [0.25, 0.3) is 0 Å². The van der Waals surface area contributed by atoms with E-state index < -0.39 is 22.2 Å². The molecule has 0 bridgehead atoms. The van der Waals surface area contributed by atoms with Crippen molar-refractivity contribution in [3.8, 4) is 5.75 Å². The molecule has 1 heterocycles. The number of ether oxygens (including phenoxy) is 1. The van der Waals surface area contributed by atoms with Crippen LogP contribution in [-0.4, -0.2) is 24.6 Å². The minimum atomic E-state index is -3.81. The third kappa shape index (κ3) is 4.56. The van der Waals surface area contributed by atoms with Crippen molar-refractivity contribution < 1.29 is 21.9 Å². The second kappa shape index (κ2) is 7.95. The first-order chi connectivity index (χ1) is 11.8. The first-order valence-corrected chi connectivity index (χ1v) is 9.70. The van der Waals surface area contributed by atoms with Crippen molar-refractivity contribution in [2.24, 2.45) is 0 Å². The van der Waals surface area contributed by atoms with Crippen molar-refractivity contribution in [2.75, 3.05) is 0 Å². The maximum Gasteiger partial charge on any atom is 0.387 e. The molecule has 0 aliphatic heterocycles. The summed E-state index contributed by atoms with van der Waals surface area (Å²) in [5.41, 5.74) is 1.62. The van der Waals surface area contributed by atoms with Crippen molar-refractivity contribution in [1.82, 2.24) is 9.55 Å². The molecule has 0 fully saturated rings. The summed E-state index contributed by atoms with van der Waals surface area (Å²) in [5, 5.41) is -0.0252. The van der Waals surface area contributed by atoms with E-state index in [1.165, 1.54) is 18.2 Å². The highest BCUT2D eigenvalue weighted by atomic mass is 32.2. The Balaban J connectivity index is 2.39. The van der Waals surface area contributed by atoms with Gasteiger partial charge in [0.2, 0.25) is 15.0 Å². The van der Waals surface area contributed by atoms with E-state index in [2.05, 4.69) is 9.72 Å². The van der Waals surface area contributed by atoms with Gasteiger partial charge in [-0.1, -0.05) is 31.5 Å². The summed E-state index contributed by atoms with van der Waals surface area (Å²) in [5.74, 6) is -0.584. The number of nitrogens with zero attached hydrogens (tertiary/aromatic N) is 2. The van der Waals surface area contributed by atoms with Crippen molar-refractivity contribution in [2.45, 2.75) is 57.7 Å². The predicted octanol–water partition coefficient (Wildman–Crippen LogP) is 3.88. The van der Waals surface area contributed by atoms with Gasteiger partial charge in [0.25, 0.3) is 0 Å². The van der Waals surface area contributed by atoms with Crippen LogP contribution in [0.5, 0.6) is 5.75 Å². The van der Waals surface area contributed by atoms with Crippen LogP contribution in [0.15, 0.2) is 29.4 Å². The van der Waals surface area contributed by atoms with Crippen LogP contribution >= 0.6 is 0 Å². The van der Waals surface area contributed by atoms with Gasteiger partial charge >= 0.3 is 6.61 Å². The molecule has 25 heavy (non-hydrogen) atoms. The summed E-state index contributed by atoms with van der Waals surface area (Å²) in [6, 6.07) is 5.90. The molecule has 0 unspecified atom stereocenters. The predicted molar refractivity (Wildman–Crippen MR) is 90.6 cm³/mol. The Kier molecular flexibility index (Phi) is 6.16. The zero-order chi connectivity index (χ0) is 18.6. The smallest absolute Gasteiger partial charge is 0.387 e. The number of sulfone groups is 1. The summed E-state index contributed by atoms with van der Waals surface area (Å²) in [4.78, 5) is 4.21. The highest BCUT2D eigenvalue weighted by Crippen LogP contribution is 2.26. The summed E-state index contributed by atoms with van der Waals surface area (Å²) < 4.78 is 56.9. The summed E-state index contributed by atoms with van der Waals surface area (Å²) in [7, 11) is -3.81. The quantitative estimate of drug-likeness (QED) is 0.706. The first-order valence-electron chi connectivity index (χ1n) is 8.05. The Morgan fingerprint density at radius 3 is 2.56 bits per heavy atom. The number of imidazole rings is 1. The fourth-order valence-corrected chi connectivity index (χ4v) is 4.16. The van der Waals surface area contributed by atoms with Crippen molar-refractivity contribution in [1.29, 1.82) is 0 Å².